The van der Waals surface area contributed by atoms with E-state index < -0.39 is 0 Å². The summed E-state index contributed by atoms with van der Waals surface area (Å²) in [5.74, 6) is 2.41. The molecule has 2 aliphatic heterocycles. The van der Waals surface area contributed by atoms with E-state index in [4.69, 9.17) is 4.74 Å². The van der Waals surface area contributed by atoms with Gasteiger partial charge in [-0.05, 0) is 25.7 Å². The summed E-state index contributed by atoms with van der Waals surface area (Å²) in [7, 11) is 0. The monoisotopic (exact) mass is 373 g/mol. The van der Waals surface area contributed by atoms with Crippen LogP contribution in [-0.4, -0.2) is 55.4 Å². The number of aromatic amines is 1. The molecule has 2 N–H and O–H groups in total. The molecule has 0 radical (unpaired) electrons. The average molecular weight is 373 g/mol. The lowest BCUT2D eigenvalue weighted by molar-refractivity contribution is 0.105. The Morgan fingerprint density at radius 1 is 1.41 bits per heavy atom. The Kier molecular flexibility index (Phi) is 5.38. The zero-order chi connectivity index (χ0) is 18.6. The van der Waals surface area contributed by atoms with E-state index in [1.807, 2.05) is 17.3 Å². The van der Waals surface area contributed by atoms with Crippen molar-refractivity contribution < 1.29 is 9.53 Å². The molecule has 2 saturated heterocycles. The molecule has 9 heteroatoms. The molecule has 9 nitrogen and oxygen atoms in total. The maximum Gasteiger partial charge on any atom is 0.317 e. The number of hydrogen-bond donors (Lipinski definition) is 2. The number of carbonyl (C=O) groups excluding carboxylic acids is 1. The van der Waals surface area contributed by atoms with Gasteiger partial charge in [0, 0.05) is 38.5 Å². The summed E-state index contributed by atoms with van der Waals surface area (Å²) in [5.41, 5.74) is 0. The molecule has 4 heterocycles. The Bertz CT molecular complexity index is 765. The SMILES string of the molecule is CCc1nccn1C1CCCN(C(=O)NCc2nc(C3CCCO3)n[nH]2)C1. The van der Waals surface area contributed by atoms with Gasteiger partial charge in [-0.3, -0.25) is 5.10 Å². The van der Waals surface area contributed by atoms with Crippen molar-refractivity contribution in [1.82, 2.24) is 34.9 Å². The molecule has 2 fully saturated rings. The number of carbonyl (C=O) groups is 1. The zero-order valence-electron chi connectivity index (χ0n) is 15.7. The van der Waals surface area contributed by atoms with Gasteiger partial charge in [-0.25, -0.2) is 14.8 Å². The van der Waals surface area contributed by atoms with Crippen molar-refractivity contribution in [3.05, 3.63) is 29.9 Å². The number of nitrogens with one attached hydrogen (secondary N) is 2. The highest BCUT2D eigenvalue weighted by atomic mass is 16.5. The number of H-pyrrole nitrogens is 1. The van der Waals surface area contributed by atoms with Crippen LogP contribution in [0.2, 0.25) is 0 Å². The number of imidazole rings is 1. The highest BCUT2D eigenvalue weighted by Crippen LogP contribution is 2.25. The Morgan fingerprint density at radius 2 is 2.33 bits per heavy atom. The molecule has 27 heavy (non-hydrogen) atoms. The quantitative estimate of drug-likeness (QED) is 0.834. The van der Waals surface area contributed by atoms with Gasteiger partial charge in [0.25, 0.3) is 0 Å². The van der Waals surface area contributed by atoms with Crippen LogP contribution in [0.25, 0.3) is 0 Å². The van der Waals surface area contributed by atoms with Gasteiger partial charge in [0.15, 0.2) is 5.82 Å². The average Bonchev–Trinajstić information content (AvgIpc) is 3.47. The molecule has 2 aromatic rings. The summed E-state index contributed by atoms with van der Waals surface area (Å²) < 4.78 is 7.80. The predicted molar refractivity (Wildman–Crippen MR) is 98.0 cm³/mol. The van der Waals surface area contributed by atoms with Gasteiger partial charge in [0.1, 0.15) is 17.8 Å². The molecule has 0 aliphatic carbocycles. The molecule has 146 valence electrons. The van der Waals surface area contributed by atoms with Crippen LogP contribution in [-0.2, 0) is 17.7 Å². The van der Waals surface area contributed by atoms with Gasteiger partial charge in [-0.2, -0.15) is 5.10 Å². The number of piperidine rings is 1. The van der Waals surface area contributed by atoms with Crippen LogP contribution >= 0.6 is 0 Å². The fourth-order valence-electron chi connectivity index (χ4n) is 3.90. The summed E-state index contributed by atoms with van der Waals surface area (Å²) in [4.78, 5) is 23.3. The maximum atomic E-state index is 12.6. The van der Waals surface area contributed by atoms with Gasteiger partial charge in [0.2, 0.25) is 0 Å². The zero-order valence-corrected chi connectivity index (χ0v) is 15.7. The molecule has 0 bridgehead atoms. The number of rotatable bonds is 5. The summed E-state index contributed by atoms with van der Waals surface area (Å²) in [6, 6.07) is 0.228. The third-order valence-electron chi connectivity index (χ3n) is 5.32. The van der Waals surface area contributed by atoms with E-state index >= 15 is 0 Å². The Balaban J connectivity index is 1.31. The van der Waals surface area contributed by atoms with Crippen LogP contribution < -0.4 is 5.32 Å². The van der Waals surface area contributed by atoms with Gasteiger partial charge in [-0.1, -0.05) is 6.92 Å². The van der Waals surface area contributed by atoms with Crippen LogP contribution in [0.3, 0.4) is 0 Å². The second-order valence-electron chi connectivity index (χ2n) is 7.15. The Labute approximate surface area is 158 Å². The van der Waals surface area contributed by atoms with E-state index in [9.17, 15) is 4.79 Å². The van der Waals surface area contributed by atoms with Gasteiger partial charge in [-0.15, -0.1) is 0 Å². The lowest BCUT2D eigenvalue weighted by Gasteiger charge is -2.34. The van der Waals surface area contributed by atoms with Gasteiger partial charge < -0.3 is 19.5 Å². The van der Waals surface area contributed by atoms with Crippen molar-refractivity contribution >= 4 is 6.03 Å². The van der Waals surface area contributed by atoms with Gasteiger partial charge >= 0.3 is 6.03 Å². The molecule has 0 spiro atoms. The minimum absolute atomic E-state index is 0.0171. The number of aromatic nitrogens is 5. The first-order chi connectivity index (χ1) is 13.2. The van der Waals surface area contributed by atoms with E-state index in [-0.39, 0.29) is 12.1 Å². The number of nitrogens with zero attached hydrogens (tertiary/aromatic N) is 5. The smallest absolute Gasteiger partial charge is 0.317 e. The standard InChI is InChI=1S/C18H27N7O2/c1-2-16-19-7-9-25(16)13-5-3-8-24(12-13)18(26)20-11-15-21-17(23-22-15)14-6-4-10-27-14/h7,9,13-14H,2-6,8,10-12H2,1H3,(H,20,26)(H,21,22,23). The summed E-state index contributed by atoms with van der Waals surface area (Å²) in [6.07, 6.45) is 8.79. The van der Waals surface area contributed by atoms with Crippen molar-refractivity contribution in [2.45, 2.75) is 57.7 Å². The first-order valence-corrected chi connectivity index (χ1v) is 9.82. The van der Waals surface area contributed by atoms with Crippen LogP contribution in [0.15, 0.2) is 12.4 Å². The third-order valence-corrected chi connectivity index (χ3v) is 5.32. The molecule has 2 unspecified atom stereocenters. The molecule has 2 amide bonds. The highest BCUT2D eigenvalue weighted by Gasteiger charge is 2.26. The van der Waals surface area contributed by atoms with Crippen molar-refractivity contribution in [1.29, 1.82) is 0 Å². The summed E-state index contributed by atoms with van der Waals surface area (Å²) in [5, 5.41) is 10.1. The number of urea groups is 1. The fourth-order valence-corrected chi connectivity index (χ4v) is 3.90. The summed E-state index contributed by atoms with van der Waals surface area (Å²) >= 11 is 0. The molecular weight excluding hydrogens is 346 g/mol. The minimum Gasteiger partial charge on any atom is -0.370 e. The van der Waals surface area contributed by atoms with Crippen LogP contribution in [0.5, 0.6) is 0 Å². The second kappa shape index (κ2) is 8.08. The van der Waals surface area contributed by atoms with Crippen LogP contribution in [0, 0.1) is 0 Å². The molecule has 2 atom stereocenters. The van der Waals surface area contributed by atoms with Crippen molar-refractivity contribution in [3.63, 3.8) is 0 Å². The second-order valence-corrected chi connectivity index (χ2v) is 7.15. The lowest BCUT2D eigenvalue weighted by Crippen LogP contribution is -2.45. The van der Waals surface area contributed by atoms with Crippen molar-refractivity contribution in [2.24, 2.45) is 0 Å². The molecule has 4 rings (SSSR count). The predicted octanol–water partition coefficient (Wildman–Crippen LogP) is 1.96. The Hall–Kier alpha value is -2.42. The van der Waals surface area contributed by atoms with E-state index in [1.165, 1.54) is 0 Å². The fraction of sp³-hybridized carbons (Fsp3) is 0.667. The minimum atomic E-state index is -0.0621. The van der Waals surface area contributed by atoms with E-state index in [2.05, 4.69) is 37.0 Å². The van der Waals surface area contributed by atoms with Crippen LogP contribution in [0.1, 0.15) is 62.2 Å². The number of hydrogen-bond acceptors (Lipinski definition) is 5. The number of aryl methyl sites for hydroxylation is 1. The molecule has 0 saturated carbocycles. The molecular formula is C18H27N7O2. The topological polar surface area (TPSA) is 101 Å². The molecule has 2 aliphatic rings. The van der Waals surface area contributed by atoms with E-state index in [0.717, 1.165) is 51.1 Å². The third kappa shape index (κ3) is 3.97. The van der Waals surface area contributed by atoms with Crippen molar-refractivity contribution in [3.8, 4) is 0 Å². The largest absolute Gasteiger partial charge is 0.370 e. The van der Waals surface area contributed by atoms with E-state index in [0.29, 0.717) is 30.8 Å². The Morgan fingerprint density at radius 3 is 3.15 bits per heavy atom. The number of ether oxygens (including phenoxy) is 1. The van der Waals surface area contributed by atoms with Crippen molar-refractivity contribution in [2.75, 3.05) is 19.7 Å². The highest BCUT2D eigenvalue weighted by molar-refractivity contribution is 5.74. The maximum absolute atomic E-state index is 12.6. The molecule has 0 aromatic carbocycles. The lowest BCUT2D eigenvalue weighted by atomic mass is 10.1. The van der Waals surface area contributed by atoms with Crippen LogP contribution in [0.4, 0.5) is 4.79 Å². The number of amides is 2. The normalized spacial score (nSPS) is 22.9. The van der Waals surface area contributed by atoms with Gasteiger partial charge in [0.05, 0.1) is 12.6 Å². The first-order valence-electron chi connectivity index (χ1n) is 9.82. The summed E-state index contributed by atoms with van der Waals surface area (Å²) in [6.45, 7) is 4.68. The molecule has 2 aromatic heterocycles. The number of likely N-dealkylation sites (tertiary alicyclic amines) is 1. The van der Waals surface area contributed by atoms with E-state index in [1.54, 1.807) is 0 Å². The first kappa shape index (κ1) is 18.0.